The minimum atomic E-state index is -0.647. The summed E-state index contributed by atoms with van der Waals surface area (Å²) in [4.78, 5) is 3.99. The molecule has 0 aromatic carbocycles. The molecule has 0 atom stereocenters. The summed E-state index contributed by atoms with van der Waals surface area (Å²) in [5.41, 5.74) is 1.25. The van der Waals surface area contributed by atoms with E-state index in [0.29, 0.717) is 6.42 Å². The van der Waals surface area contributed by atoms with E-state index in [1.54, 1.807) is 12.4 Å². The fourth-order valence-electron chi connectivity index (χ4n) is 1.34. The summed E-state index contributed by atoms with van der Waals surface area (Å²) in [5, 5.41) is 21.8. The van der Waals surface area contributed by atoms with Crippen LogP contribution in [0.1, 0.15) is 18.9 Å². The lowest BCUT2D eigenvalue weighted by Crippen LogP contribution is -2.45. The average molecular weight is 210 g/mol. The fourth-order valence-corrected chi connectivity index (χ4v) is 1.34. The molecule has 0 aliphatic heterocycles. The van der Waals surface area contributed by atoms with Crippen LogP contribution < -0.4 is 5.32 Å². The van der Waals surface area contributed by atoms with E-state index in [9.17, 15) is 10.2 Å². The normalized spacial score (nSPS) is 11.5. The van der Waals surface area contributed by atoms with E-state index in [1.165, 1.54) is 0 Å². The Morgan fingerprint density at radius 3 is 2.53 bits per heavy atom. The van der Waals surface area contributed by atoms with Gasteiger partial charge in [-0.1, -0.05) is 6.92 Å². The van der Waals surface area contributed by atoms with Crippen LogP contribution in [0.25, 0.3) is 0 Å². The molecule has 15 heavy (non-hydrogen) atoms. The van der Waals surface area contributed by atoms with Crippen molar-refractivity contribution in [2.24, 2.45) is 0 Å². The summed E-state index contributed by atoms with van der Waals surface area (Å²) in [6.45, 7) is 3.67. The first-order chi connectivity index (χ1) is 7.17. The summed E-state index contributed by atoms with van der Waals surface area (Å²) >= 11 is 0. The second-order valence-corrected chi connectivity index (χ2v) is 3.77. The largest absolute Gasteiger partial charge is 0.394 e. The lowest BCUT2D eigenvalue weighted by atomic mass is 9.97. The Balaban J connectivity index is 2.88. The Bertz CT molecular complexity index is 303. The number of pyridine rings is 1. The van der Waals surface area contributed by atoms with Crippen LogP contribution in [-0.2, 0) is 0 Å². The third-order valence-electron chi connectivity index (χ3n) is 2.70. The Labute approximate surface area is 90.0 Å². The quantitative estimate of drug-likeness (QED) is 0.676. The number of nitrogens with one attached hydrogen (secondary N) is 1. The number of nitrogens with zero attached hydrogens (tertiary/aromatic N) is 1. The van der Waals surface area contributed by atoms with Crippen LogP contribution in [0, 0.1) is 6.92 Å². The van der Waals surface area contributed by atoms with Crippen molar-refractivity contribution in [2.75, 3.05) is 18.5 Å². The molecule has 0 radical (unpaired) electrons. The minimum absolute atomic E-state index is 0.0955. The van der Waals surface area contributed by atoms with Gasteiger partial charge >= 0.3 is 0 Å². The van der Waals surface area contributed by atoms with E-state index in [1.807, 2.05) is 19.9 Å². The molecule has 1 aromatic rings. The second kappa shape index (κ2) is 5.09. The van der Waals surface area contributed by atoms with Gasteiger partial charge in [-0.05, 0) is 25.0 Å². The predicted octanol–water partition coefficient (Wildman–Crippen LogP) is 0.935. The van der Waals surface area contributed by atoms with E-state index in [4.69, 9.17) is 0 Å². The third-order valence-corrected chi connectivity index (χ3v) is 2.70. The van der Waals surface area contributed by atoms with E-state index in [0.717, 1.165) is 11.3 Å². The predicted molar refractivity (Wildman–Crippen MR) is 59.8 cm³/mol. The molecule has 0 amide bonds. The number of aryl methyl sites for hydroxylation is 1. The SMILES string of the molecule is CCC(CO)(CO)Nc1ccncc1C. The maximum Gasteiger partial charge on any atom is 0.0832 e. The van der Waals surface area contributed by atoms with E-state index in [-0.39, 0.29) is 13.2 Å². The topological polar surface area (TPSA) is 65.4 Å². The monoisotopic (exact) mass is 210 g/mol. The molecule has 0 aliphatic rings. The van der Waals surface area contributed by atoms with Crippen LogP contribution in [-0.4, -0.2) is 33.9 Å². The van der Waals surface area contributed by atoms with Crippen molar-refractivity contribution >= 4 is 5.69 Å². The highest BCUT2D eigenvalue weighted by molar-refractivity contribution is 5.50. The van der Waals surface area contributed by atoms with Crippen LogP contribution >= 0.6 is 0 Å². The van der Waals surface area contributed by atoms with Crippen molar-refractivity contribution in [1.29, 1.82) is 0 Å². The second-order valence-electron chi connectivity index (χ2n) is 3.77. The molecule has 84 valence electrons. The molecule has 1 heterocycles. The summed E-state index contributed by atoms with van der Waals surface area (Å²) in [6.07, 6.45) is 4.09. The highest BCUT2D eigenvalue weighted by Crippen LogP contribution is 2.20. The van der Waals surface area contributed by atoms with Crippen LogP contribution in [0.5, 0.6) is 0 Å². The van der Waals surface area contributed by atoms with E-state index < -0.39 is 5.54 Å². The molecule has 0 saturated carbocycles. The Hall–Kier alpha value is -1.13. The number of hydrogen-bond donors (Lipinski definition) is 3. The average Bonchev–Trinajstić information content (AvgIpc) is 2.29. The molecule has 0 saturated heterocycles. The first-order valence-corrected chi connectivity index (χ1v) is 5.08. The van der Waals surface area contributed by atoms with Crippen LogP contribution in [0.15, 0.2) is 18.5 Å². The fraction of sp³-hybridized carbons (Fsp3) is 0.545. The zero-order valence-corrected chi connectivity index (χ0v) is 9.20. The standard InChI is InChI=1S/C11H18N2O2/c1-3-11(7-14,8-15)13-10-4-5-12-6-9(10)2/h4-6,14-15H,3,7-8H2,1-2H3,(H,12,13). The van der Waals surface area contributed by atoms with Crippen molar-refractivity contribution in [3.63, 3.8) is 0 Å². The molecular formula is C11H18N2O2. The number of aliphatic hydroxyl groups excluding tert-OH is 2. The number of rotatable bonds is 5. The first-order valence-electron chi connectivity index (χ1n) is 5.08. The number of anilines is 1. The maximum atomic E-state index is 9.29. The number of aliphatic hydroxyl groups is 2. The van der Waals surface area contributed by atoms with Gasteiger partial charge in [0.2, 0.25) is 0 Å². The van der Waals surface area contributed by atoms with Crippen molar-refractivity contribution in [2.45, 2.75) is 25.8 Å². The molecule has 0 spiro atoms. The first kappa shape index (κ1) is 11.9. The van der Waals surface area contributed by atoms with Gasteiger partial charge in [0.15, 0.2) is 0 Å². The maximum absolute atomic E-state index is 9.29. The summed E-state index contributed by atoms with van der Waals surface area (Å²) < 4.78 is 0. The van der Waals surface area contributed by atoms with E-state index >= 15 is 0 Å². The van der Waals surface area contributed by atoms with Gasteiger partial charge in [-0.2, -0.15) is 0 Å². The molecule has 0 unspecified atom stereocenters. The van der Waals surface area contributed by atoms with Gasteiger partial charge in [-0.25, -0.2) is 0 Å². The molecule has 0 bridgehead atoms. The molecule has 1 aromatic heterocycles. The van der Waals surface area contributed by atoms with Crippen molar-refractivity contribution in [1.82, 2.24) is 4.98 Å². The molecule has 1 rings (SSSR count). The number of aromatic nitrogens is 1. The molecular weight excluding hydrogens is 192 g/mol. The van der Waals surface area contributed by atoms with Gasteiger partial charge in [0.25, 0.3) is 0 Å². The lowest BCUT2D eigenvalue weighted by molar-refractivity contribution is 0.132. The highest BCUT2D eigenvalue weighted by atomic mass is 16.3. The highest BCUT2D eigenvalue weighted by Gasteiger charge is 2.26. The third kappa shape index (κ3) is 2.67. The summed E-state index contributed by atoms with van der Waals surface area (Å²) in [7, 11) is 0. The van der Waals surface area contributed by atoms with Crippen LogP contribution in [0.3, 0.4) is 0 Å². The molecule has 4 nitrogen and oxygen atoms in total. The van der Waals surface area contributed by atoms with Crippen molar-refractivity contribution < 1.29 is 10.2 Å². The van der Waals surface area contributed by atoms with Crippen LogP contribution in [0.4, 0.5) is 5.69 Å². The smallest absolute Gasteiger partial charge is 0.0832 e. The Kier molecular flexibility index (Phi) is 4.05. The summed E-state index contributed by atoms with van der Waals surface area (Å²) in [5.74, 6) is 0. The van der Waals surface area contributed by atoms with Gasteiger partial charge in [-0.15, -0.1) is 0 Å². The van der Waals surface area contributed by atoms with Crippen molar-refractivity contribution in [3.8, 4) is 0 Å². The molecule has 0 aliphatic carbocycles. The Morgan fingerprint density at radius 2 is 2.07 bits per heavy atom. The van der Waals surface area contributed by atoms with E-state index in [2.05, 4.69) is 10.3 Å². The van der Waals surface area contributed by atoms with Gasteiger partial charge in [0.05, 0.1) is 18.8 Å². The van der Waals surface area contributed by atoms with Gasteiger partial charge in [0, 0.05) is 18.1 Å². The van der Waals surface area contributed by atoms with Gasteiger partial charge in [0.1, 0.15) is 0 Å². The number of hydrogen-bond acceptors (Lipinski definition) is 4. The molecule has 0 fully saturated rings. The molecule has 3 N–H and O–H groups in total. The Morgan fingerprint density at radius 1 is 1.40 bits per heavy atom. The van der Waals surface area contributed by atoms with Gasteiger partial charge < -0.3 is 15.5 Å². The molecule has 4 heteroatoms. The van der Waals surface area contributed by atoms with Crippen LogP contribution in [0.2, 0.25) is 0 Å². The lowest BCUT2D eigenvalue weighted by Gasteiger charge is -2.31. The van der Waals surface area contributed by atoms with Gasteiger partial charge in [-0.3, -0.25) is 4.98 Å². The zero-order chi connectivity index (χ0) is 11.3. The minimum Gasteiger partial charge on any atom is -0.394 e. The summed E-state index contributed by atoms with van der Waals surface area (Å²) in [6, 6.07) is 1.84. The van der Waals surface area contributed by atoms with Crippen molar-refractivity contribution in [3.05, 3.63) is 24.0 Å². The zero-order valence-electron chi connectivity index (χ0n) is 9.20.